The molecule has 0 bridgehead atoms. The van der Waals surface area contributed by atoms with Crippen LogP contribution in [0.1, 0.15) is 115 Å². The number of methoxy groups -OCH3 is 1. The lowest BCUT2D eigenvalue weighted by Gasteiger charge is -2.30. The van der Waals surface area contributed by atoms with Gasteiger partial charge in [-0.15, -0.1) is 4.90 Å². The van der Waals surface area contributed by atoms with Crippen LogP contribution in [0.5, 0.6) is 11.5 Å². The number of amides is 4. The molecule has 1 aromatic carbocycles. The average molecular weight is 826 g/mol. The number of rotatable bonds is 6. The van der Waals surface area contributed by atoms with Crippen LogP contribution in [0.3, 0.4) is 0 Å². The number of nitrogens with zero attached hydrogens (tertiary/aromatic N) is 4. The minimum Gasteiger partial charge on any atom is -0.495 e. The Kier molecular flexibility index (Phi) is 14.1. The summed E-state index contributed by atoms with van der Waals surface area (Å²) in [5, 5.41) is 0. The topological polar surface area (TPSA) is 182 Å². The van der Waals surface area contributed by atoms with Crippen molar-refractivity contribution in [2.45, 2.75) is 138 Å². The summed E-state index contributed by atoms with van der Waals surface area (Å²) in [4.78, 5) is 77.3. The van der Waals surface area contributed by atoms with Gasteiger partial charge in [-0.2, -0.15) is 9.88 Å². The van der Waals surface area contributed by atoms with Crippen molar-refractivity contribution in [3.63, 3.8) is 0 Å². The maximum absolute atomic E-state index is 13.9. The van der Waals surface area contributed by atoms with Crippen molar-refractivity contribution < 1.29 is 57.1 Å². The standard InChI is InChI=1S/C37H53BrN4O12/c1-33(2,3)50-28(43)41(29(44)51-34(4,5)6)26-22(17-21-18-23(48-16)25(38)24(19-21)49-32(47)54-37(13,14)15)20-39-27(40-26)42(30(45)52-35(7,8)9)31(46)53-36(10,11)12/h18-20H,17H2,1-16H3. The maximum Gasteiger partial charge on any atom is 0.514 e. The third-order valence-electron chi connectivity index (χ3n) is 5.81. The highest BCUT2D eigenvalue weighted by molar-refractivity contribution is 9.10. The van der Waals surface area contributed by atoms with Gasteiger partial charge in [0.2, 0.25) is 5.95 Å². The van der Waals surface area contributed by atoms with E-state index in [0.29, 0.717) is 19.8 Å². The van der Waals surface area contributed by atoms with Gasteiger partial charge in [-0.3, -0.25) is 0 Å². The van der Waals surface area contributed by atoms with E-state index in [2.05, 4.69) is 25.9 Å². The highest BCUT2D eigenvalue weighted by Crippen LogP contribution is 2.38. The van der Waals surface area contributed by atoms with Gasteiger partial charge in [0, 0.05) is 18.2 Å². The summed E-state index contributed by atoms with van der Waals surface area (Å²) in [5.74, 6) is -0.744. The first-order valence-electron chi connectivity index (χ1n) is 16.9. The molecule has 0 atom stereocenters. The molecule has 2 aromatic rings. The molecule has 2 rings (SSSR count). The van der Waals surface area contributed by atoms with Crippen LogP contribution < -0.4 is 19.3 Å². The predicted octanol–water partition coefficient (Wildman–Crippen LogP) is 9.51. The monoisotopic (exact) mass is 824 g/mol. The van der Waals surface area contributed by atoms with Crippen molar-refractivity contribution in [2.75, 3.05) is 16.9 Å². The van der Waals surface area contributed by atoms with Crippen LogP contribution in [0.2, 0.25) is 0 Å². The van der Waals surface area contributed by atoms with Crippen molar-refractivity contribution in [3.05, 3.63) is 33.9 Å². The minimum absolute atomic E-state index is 0.0230. The lowest BCUT2D eigenvalue weighted by atomic mass is 10.1. The number of anilines is 2. The molecule has 0 aliphatic heterocycles. The highest BCUT2D eigenvalue weighted by atomic mass is 79.9. The van der Waals surface area contributed by atoms with E-state index >= 15 is 0 Å². The Morgan fingerprint density at radius 1 is 0.611 bits per heavy atom. The number of imide groups is 2. The SMILES string of the molecule is COc1cc(Cc2cnc(N(C(=O)OC(C)(C)C)C(=O)OC(C)(C)C)nc2N(C(=O)OC(C)(C)C)C(=O)OC(C)(C)C)cc(OC(=O)OC(C)(C)C)c1Br. The third-order valence-corrected chi connectivity index (χ3v) is 6.59. The molecule has 300 valence electrons. The van der Waals surface area contributed by atoms with Gasteiger partial charge in [0.15, 0.2) is 11.6 Å². The second-order valence-corrected chi connectivity index (χ2v) is 17.8. The first-order chi connectivity index (χ1) is 24.3. The number of benzene rings is 1. The Labute approximate surface area is 325 Å². The largest absolute Gasteiger partial charge is 0.514 e. The van der Waals surface area contributed by atoms with Crippen LogP contribution in [0.4, 0.5) is 35.7 Å². The van der Waals surface area contributed by atoms with Crippen molar-refractivity contribution >= 4 is 58.2 Å². The fraction of sp³-hybridized carbons (Fsp3) is 0.595. The molecule has 4 amide bonds. The zero-order valence-electron chi connectivity index (χ0n) is 34.0. The molecule has 0 saturated heterocycles. The van der Waals surface area contributed by atoms with Crippen LogP contribution in [0.25, 0.3) is 0 Å². The zero-order chi connectivity index (χ0) is 41.8. The molecule has 0 fully saturated rings. The summed E-state index contributed by atoms with van der Waals surface area (Å²) in [7, 11) is 1.40. The number of ether oxygens (including phenoxy) is 7. The smallest absolute Gasteiger partial charge is 0.495 e. The number of aromatic nitrogens is 2. The van der Waals surface area contributed by atoms with Gasteiger partial charge in [0.25, 0.3) is 0 Å². The van der Waals surface area contributed by atoms with Crippen LogP contribution in [-0.4, -0.2) is 75.6 Å². The van der Waals surface area contributed by atoms with E-state index < -0.39 is 70.3 Å². The molecule has 0 N–H and O–H groups in total. The summed E-state index contributed by atoms with van der Waals surface area (Å²) in [6, 6.07) is 3.09. The highest BCUT2D eigenvalue weighted by Gasteiger charge is 2.39. The number of carbonyl (C=O) groups is 5. The first kappa shape index (κ1) is 45.5. The van der Waals surface area contributed by atoms with E-state index in [4.69, 9.17) is 33.2 Å². The number of hydrogen-bond donors (Lipinski definition) is 0. The van der Waals surface area contributed by atoms with Gasteiger partial charge in [-0.25, -0.2) is 29.0 Å². The summed E-state index contributed by atoms with van der Waals surface area (Å²) >= 11 is 3.39. The summed E-state index contributed by atoms with van der Waals surface area (Å²) in [5.41, 5.74) is -4.68. The molecule has 0 unspecified atom stereocenters. The molecule has 0 saturated carbocycles. The van der Waals surface area contributed by atoms with Crippen molar-refractivity contribution in [3.8, 4) is 11.5 Å². The number of carbonyl (C=O) groups excluding carboxylic acids is 5. The zero-order valence-corrected chi connectivity index (χ0v) is 35.6. The normalized spacial score (nSPS) is 12.2. The Morgan fingerprint density at radius 2 is 1.00 bits per heavy atom. The Hall–Kier alpha value is -4.67. The van der Waals surface area contributed by atoms with Gasteiger partial charge in [0.1, 0.15) is 38.2 Å². The van der Waals surface area contributed by atoms with Gasteiger partial charge in [-0.1, -0.05) is 0 Å². The van der Waals surface area contributed by atoms with E-state index in [9.17, 15) is 24.0 Å². The Balaban J connectivity index is 2.98. The van der Waals surface area contributed by atoms with Gasteiger partial charge in [-0.05, 0) is 137 Å². The van der Waals surface area contributed by atoms with Crippen LogP contribution in [-0.2, 0) is 30.1 Å². The fourth-order valence-corrected chi connectivity index (χ4v) is 4.53. The van der Waals surface area contributed by atoms with Gasteiger partial charge < -0.3 is 33.2 Å². The molecular formula is C37H53BrN4O12. The molecule has 1 heterocycles. The van der Waals surface area contributed by atoms with Crippen molar-refractivity contribution in [2.24, 2.45) is 0 Å². The summed E-state index contributed by atoms with van der Waals surface area (Å²) < 4.78 is 38.8. The van der Waals surface area contributed by atoms with E-state index in [1.807, 2.05) is 0 Å². The van der Waals surface area contributed by atoms with E-state index in [1.165, 1.54) is 19.4 Å². The molecule has 16 nitrogen and oxygen atoms in total. The molecule has 17 heteroatoms. The molecule has 0 aliphatic rings. The second kappa shape index (κ2) is 16.8. The van der Waals surface area contributed by atoms with Gasteiger partial charge >= 0.3 is 30.5 Å². The number of hydrogen-bond acceptors (Lipinski definition) is 14. The molecule has 0 spiro atoms. The summed E-state index contributed by atoms with van der Waals surface area (Å²) in [6.07, 6.45) is -4.70. The van der Waals surface area contributed by atoms with Crippen molar-refractivity contribution in [1.82, 2.24) is 9.97 Å². The Morgan fingerprint density at radius 3 is 1.39 bits per heavy atom. The Bertz CT molecular complexity index is 1670. The predicted molar refractivity (Wildman–Crippen MR) is 202 cm³/mol. The fourth-order valence-electron chi connectivity index (χ4n) is 4.06. The molecule has 54 heavy (non-hydrogen) atoms. The van der Waals surface area contributed by atoms with E-state index in [1.54, 1.807) is 110 Å². The van der Waals surface area contributed by atoms with Crippen molar-refractivity contribution in [1.29, 1.82) is 0 Å². The van der Waals surface area contributed by atoms with Crippen LogP contribution >= 0.6 is 15.9 Å². The van der Waals surface area contributed by atoms with Gasteiger partial charge in [0.05, 0.1) is 7.11 Å². The van der Waals surface area contributed by atoms with Crippen LogP contribution in [0, 0.1) is 0 Å². The van der Waals surface area contributed by atoms with E-state index in [0.717, 1.165) is 0 Å². The lowest BCUT2D eigenvalue weighted by Crippen LogP contribution is -2.46. The average Bonchev–Trinajstić information content (AvgIpc) is 2.91. The molecule has 0 radical (unpaired) electrons. The van der Waals surface area contributed by atoms with E-state index in [-0.39, 0.29) is 23.5 Å². The second-order valence-electron chi connectivity index (χ2n) is 17.0. The molecule has 1 aromatic heterocycles. The minimum atomic E-state index is -1.20. The van der Waals surface area contributed by atoms with Crippen LogP contribution in [0.15, 0.2) is 22.8 Å². The molecular weight excluding hydrogens is 772 g/mol. The quantitative estimate of drug-likeness (QED) is 0.152. The molecule has 0 aliphatic carbocycles. The lowest BCUT2D eigenvalue weighted by molar-refractivity contribution is 0.0202. The third kappa shape index (κ3) is 14.6. The number of halogens is 1. The summed E-state index contributed by atoms with van der Waals surface area (Å²) in [6.45, 7) is 24.2. The maximum atomic E-state index is 13.9. The first-order valence-corrected chi connectivity index (χ1v) is 17.7.